The maximum Gasteiger partial charge on any atom is 0.268 e. The van der Waals surface area contributed by atoms with Gasteiger partial charge in [-0.2, -0.15) is 0 Å². The van der Waals surface area contributed by atoms with Gasteiger partial charge in [-0.25, -0.2) is 0 Å². The monoisotopic (exact) mass is 243 g/mol. The zero-order chi connectivity index (χ0) is 13.3. The first-order valence-corrected chi connectivity index (χ1v) is 5.46. The molecule has 0 aliphatic rings. The standard InChI is InChI=1S/C13H13N3O2/c1-8(2)7-16-11-4-3-5-15-10(11)6-9(12(14)17)13(16)18/h3-7H,1-2H3,(H2,14,17). The van der Waals surface area contributed by atoms with Crippen LogP contribution in [0.25, 0.3) is 17.2 Å². The summed E-state index contributed by atoms with van der Waals surface area (Å²) in [5.74, 6) is -0.747. The number of amides is 1. The van der Waals surface area contributed by atoms with Crippen LogP contribution in [0.1, 0.15) is 24.2 Å². The summed E-state index contributed by atoms with van der Waals surface area (Å²) in [5, 5.41) is 0. The van der Waals surface area contributed by atoms with Gasteiger partial charge in [0.1, 0.15) is 5.56 Å². The number of nitrogens with two attached hydrogens (primary N) is 1. The molecule has 2 aromatic rings. The summed E-state index contributed by atoms with van der Waals surface area (Å²) < 4.78 is 1.40. The number of allylic oxidation sites excluding steroid dienone is 1. The summed E-state index contributed by atoms with van der Waals surface area (Å²) >= 11 is 0. The molecule has 2 N–H and O–H groups in total. The lowest BCUT2D eigenvalue weighted by atomic mass is 10.2. The molecule has 5 nitrogen and oxygen atoms in total. The Hall–Kier alpha value is -2.43. The van der Waals surface area contributed by atoms with Gasteiger partial charge in [0.2, 0.25) is 0 Å². The molecule has 2 rings (SSSR count). The molecule has 0 radical (unpaired) electrons. The van der Waals surface area contributed by atoms with Crippen LogP contribution in [0.5, 0.6) is 0 Å². The van der Waals surface area contributed by atoms with Crippen LogP contribution in [-0.2, 0) is 0 Å². The zero-order valence-electron chi connectivity index (χ0n) is 10.2. The van der Waals surface area contributed by atoms with Crippen LogP contribution in [-0.4, -0.2) is 15.5 Å². The second kappa shape index (κ2) is 4.44. The molecule has 0 atom stereocenters. The van der Waals surface area contributed by atoms with E-state index in [2.05, 4.69) is 4.98 Å². The predicted octanol–water partition coefficient (Wildman–Crippen LogP) is 1.38. The summed E-state index contributed by atoms with van der Waals surface area (Å²) in [4.78, 5) is 27.6. The van der Waals surface area contributed by atoms with Crippen molar-refractivity contribution in [1.29, 1.82) is 0 Å². The molecule has 1 amide bonds. The van der Waals surface area contributed by atoms with Crippen molar-refractivity contribution in [2.75, 3.05) is 0 Å². The Bertz CT molecular complexity index is 710. The van der Waals surface area contributed by atoms with Gasteiger partial charge in [-0.05, 0) is 32.0 Å². The normalized spacial score (nSPS) is 10.3. The van der Waals surface area contributed by atoms with Crippen LogP contribution in [0.4, 0.5) is 0 Å². The highest BCUT2D eigenvalue weighted by Crippen LogP contribution is 2.11. The maximum atomic E-state index is 12.1. The minimum atomic E-state index is -0.747. The number of nitrogens with zero attached hydrogens (tertiary/aromatic N) is 2. The largest absolute Gasteiger partial charge is 0.365 e. The molecule has 0 aliphatic carbocycles. The van der Waals surface area contributed by atoms with Gasteiger partial charge in [-0.1, -0.05) is 5.57 Å². The fraction of sp³-hybridized carbons (Fsp3) is 0.154. The van der Waals surface area contributed by atoms with Crippen LogP contribution >= 0.6 is 0 Å². The van der Waals surface area contributed by atoms with E-state index in [-0.39, 0.29) is 5.56 Å². The van der Waals surface area contributed by atoms with Crippen molar-refractivity contribution in [1.82, 2.24) is 9.55 Å². The SMILES string of the molecule is CC(C)=Cn1c(=O)c(C(N)=O)cc2ncccc21. The molecule has 0 aliphatic heterocycles. The molecule has 18 heavy (non-hydrogen) atoms. The van der Waals surface area contributed by atoms with Gasteiger partial charge in [0.15, 0.2) is 0 Å². The Morgan fingerprint density at radius 3 is 2.78 bits per heavy atom. The molecule has 0 aromatic carbocycles. The topological polar surface area (TPSA) is 78.0 Å². The lowest BCUT2D eigenvalue weighted by Crippen LogP contribution is -2.27. The number of carbonyl (C=O) groups is 1. The lowest BCUT2D eigenvalue weighted by Gasteiger charge is -2.07. The second-order valence-electron chi connectivity index (χ2n) is 4.21. The number of hydrogen-bond donors (Lipinski definition) is 1. The predicted molar refractivity (Wildman–Crippen MR) is 70.1 cm³/mol. The van der Waals surface area contributed by atoms with Crippen LogP contribution in [0, 0.1) is 0 Å². The zero-order valence-corrected chi connectivity index (χ0v) is 10.2. The van der Waals surface area contributed by atoms with Crippen LogP contribution in [0.15, 0.2) is 34.8 Å². The average molecular weight is 243 g/mol. The molecule has 0 bridgehead atoms. The Morgan fingerprint density at radius 1 is 1.44 bits per heavy atom. The summed E-state index contributed by atoms with van der Waals surface area (Å²) in [7, 11) is 0. The molecule has 0 spiro atoms. The van der Waals surface area contributed by atoms with E-state index in [1.165, 1.54) is 10.6 Å². The average Bonchev–Trinajstić information content (AvgIpc) is 2.31. The van der Waals surface area contributed by atoms with Crippen molar-refractivity contribution in [3.8, 4) is 0 Å². The molecule has 92 valence electrons. The fourth-order valence-corrected chi connectivity index (χ4v) is 1.72. The molecular formula is C13H13N3O2. The second-order valence-corrected chi connectivity index (χ2v) is 4.21. The summed E-state index contributed by atoms with van der Waals surface area (Å²) in [6.45, 7) is 3.73. The van der Waals surface area contributed by atoms with E-state index in [1.807, 2.05) is 13.8 Å². The summed E-state index contributed by atoms with van der Waals surface area (Å²) in [6, 6.07) is 4.93. The van der Waals surface area contributed by atoms with Gasteiger partial charge < -0.3 is 5.73 Å². The number of fused-ring (bicyclic) bond motifs is 1. The van der Waals surface area contributed by atoms with E-state index in [0.717, 1.165) is 5.57 Å². The van der Waals surface area contributed by atoms with E-state index in [1.54, 1.807) is 24.5 Å². The Labute approximate surface area is 104 Å². The molecule has 2 aromatic heterocycles. The number of hydrogen-bond acceptors (Lipinski definition) is 3. The van der Waals surface area contributed by atoms with E-state index in [0.29, 0.717) is 11.0 Å². The number of pyridine rings is 2. The van der Waals surface area contributed by atoms with Gasteiger partial charge in [0.25, 0.3) is 11.5 Å². The first-order valence-electron chi connectivity index (χ1n) is 5.46. The first kappa shape index (κ1) is 12.0. The van der Waals surface area contributed by atoms with E-state index in [9.17, 15) is 9.59 Å². The first-order chi connectivity index (χ1) is 8.50. The lowest BCUT2D eigenvalue weighted by molar-refractivity contribution is 0.0999. The van der Waals surface area contributed by atoms with E-state index >= 15 is 0 Å². The molecule has 0 saturated heterocycles. The van der Waals surface area contributed by atoms with E-state index < -0.39 is 11.5 Å². The van der Waals surface area contributed by atoms with Gasteiger partial charge in [-0.15, -0.1) is 0 Å². The van der Waals surface area contributed by atoms with Crippen molar-refractivity contribution in [2.45, 2.75) is 13.8 Å². The smallest absolute Gasteiger partial charge is 0.268 e. The van der Waals surface area contributed by atoms with Crippen LogP contribution in [0.3, 0.4) is 0 Å². The molecule has 0 unspecified atom stereocenters. The third-order valence-corrected chi connectivity index (χ3v) is 2.46. The molecule has 2 heterocycles. The van der Waals surface area contributed by atoms with Gasteiger partial charge >= 0.3 is 0 Å². The quantitative estimate of drug-likeness (QED) is 0.865. The Balaban J connectivity index is 2.95. The maximum absolute atomic E-state index is 12.1. The fourth-order valence-electron chi connectivity index (χ4n) is 1.72. The molecule has 5 heteroatoms. The third-order valence-electron chi connectivity index (χ3n) is 2.46. The number of carbonyl (C=O) groups excluding carboxylic acids is 1. The molecule has 0 saturated carbocycles. The molecule has 0 fully saturated rings. The van der Waals surface area contributed by atoms with Crippen molar-refractivity contribution in [3.63, 3.8) is 0 Å². The van der Waals surface area contributed by atoms with Gasteiger partial charge in [-0.3, -0.25) is 19.1 Å². The van der Waals surface area contributed by atoms with E-state index in [4.69, 9.17) is 5.73 Å². The Kier molecular flexibility index (Phi) is 2.97. The van der Waals surface area contributed by atoms with Crippen LogP contribution in [0.2, 0.25) is 0 Å². The highest BCUT2D eigenvalue weighted by molar-refractivity contribution is 5.95. The number of rotatable bonds is 2. The highest BCUT2D eigenvalue weighted by atomic mass is 16.2. The number of primary amides is 1. The van der Waals surface area contributed by atoms with Crippen molar-refractivity contribution >= 4 is 23.1 Å². The van der Waals surface area contributed by atoms with Crippen molar-refractivity contribution < 1.29 is 4.79 Å². The number of aromatic nitrogens is 2. The van der Waals surface area contributed by atoms with Crippen molar-refractivity contribution in [2.24, 2.45) is 5.73 Å². The minimum absolute atomic E-state index is 0.0568. The minimum Gasteiger partial charge on any atom is -0.365 e. The van der Waals surface area contributed by atoms with Crippen LogP contribution < -0.4 is 11.3 Å². The van der Waals surface area contributed by atoms with Crippen molar-refractivity contribution in [3.05, 3.63) is 45.9 Å². The summed E-state index contributed by atoms with van der Waals surface area (Å²) in [5.41, 5.74) is 6.86. The summed E-state index contributed by atoms with van der Waals surface area (Å²) in [6.07, 6.45) is 3.27. The van der Waals surface area contributed by atoms with Gasteiger partial charge in [0, 0.05) is 12.4 Å². The third kappa shape index (κ3) is 2.02. The Morgan fingerprint density at radius 2 is 2.17 bits per heavy atom. The molecular weight excluding hydrogens is 230 g/mol. The highest BCUT2D eigenvalue weighted by Gasteiger charge is 2.12. The van der Waals surface area contributed by atoms with Gasteiger partial charge in [0.05, 0.1) is 11.0 Å².